The summed E-state index contributed by atoms with van der Waals surface area (Å²) in [6, 6.07) is 16.5. The molecule has 4 nitrogen and oxygen atoms in total. The molecular formula is C21H16F3N3OS. The van der Waals surface area contributed by atoms with Crippen LogP contribution in [0.3, 0.4) is 0 Å². The van der Waals surface area contributed by atoms with Crippen molar-refractivity contribution in [2.75, 3.05) is 5.01 Å². The second kappa shape index (κ2) is 6.40. The lowest BCUT2D eigenvalue weighted by molar-refractivity contribution is -0.268. The first kappa shape index (κ1) is 18.3. The molecule has 0 unspecified atom stereocenters. The van der Waals surface area contributed by atoms with Crippen LogP contribution in [-0.4, -0.2) is 27.7 Å². The second-order valence-electron chi connectivity index (χ2n) is 7.15. The number of halogens is 3. The van der Waals surface area contributed by atoms with Crippen LogP contribution in [0.2, 0.25) is 0 Å². The molecule has 29 heavy (non-hydrogen) atoms. The Morgan fingerprint density at radius 2 is 1.79 bits per heavy atom. The van der Waals surface area contributed by atoms with E-state index in [-0.39, 0.29) is 17.3 Å². The van der Waals surface area contributed by atoms with Crippen LogP contribution in [0, 0.1) is 5.92 Å². The number of benzene rings is 2. The Bertz CT molecular complexity index is 1100. The van der Waals surface area contributed by atoms with Crippen LogP contribution in [-0.2, 0) is 6.42 Å². The van der Waals surface area contributed by atoms with Gasteiger partial charge in [0.2, 0.25) is 5.13 Å². The molecule has 8 heteroatoms. The van der Waals surface area contributed by atoms with Crippen molar-refractivity contribution in [3.05, 3.63) is 71.1 Å². The number of thiazole rings is 1. The molecule has 3 aromatic rings. The number of anilines is 1. The van der Waals surface area contributed by atoms with Gasteiger partial charge in [-0.2, -0.15) is 23.3 Å². The molecule has 2 atom stereocenters. The van der Waals surface area contributed by atoms with Gasteiger partial charge in [0.25, 0.3) is 5.72 Å². The number of aliphatic hydroxyl groups is 1. The fourth-order valence-corrected chi connectivity index (χ4v) is 4.91. The third kappa shape index (κ3) is 2.70. The molecule has 0 fully saturated rings. The average molecular weight is 415 g/mol. The Morgan fingerprint density at radius 3 is 2.55 bits per heavy atom. The summed E-state index contributed by atoms with van der Waals surface area (Å²) >= 11 is 1.03. The number of rotatable bonds is 2. The van der Waals surface area contributed by atoms with Crippen molar-refractivity contribution in [1.29, 1.82) is 0 Å². The minimum Gasteiger partial charge on any atom is -0.362 e. The first-order valence-corrected chi connectivity index (χ1v) is 10.0. The lowest BCUT2D eigenvalue weighted by atomic mass is 9.77. The molecule has 1 aliphatic heterocycles. The van der Waals surface area contributed by atoms with Gasteiger partial charge in [-0.15, -0.1) is 11.3 Å². The second-order valence-corrected chi connectivity index (χ2v) is 7.99. The predicted octanol–water partition coefficient (Wildman–Crippen LogP) is 4.85. The van der Waals surface area contributed by atoms with Gasteiger partial charge in [0.1, 0.15) is 0 Å². The van der Waals surface area contributed by atoms with Gasteiger partial charge in [-0.1, -0.05) is 54.6 Å². The van der Waals surface area contributed by atoms with Crippen LogP contribution in [0.4, 0.5) is 18.3 Å². The maximum atomic E-state index is 14.2. The van der Waals surface area contributed by atoms with Gasteiger partial charge in [0, 0.05) is 16.5 Å². The van der Waals surface area contributed by atoms with Crippen molar-refractivity contribution < 1.29 is 18.3 Å². The summed E-state index contributed by atoms with van der Waals surface area (Å²) in [5, 5.41) is 17.6. The van der Waals surface area contributed by atoms with E-state index in [9.17, 15) is 18.3 Å². The molecule has 148 valence electrons. The summed E-state index contributed by atoms with van der Waals surface area (Å²) in [5.74, 6) is -1.17. The molecule has 0 bridgehead atoms. The summed E-state index contributed by atoms with van der Waals surface area (Å²) in [4.78, 5) is 4.36. The minimum atomic E-state index is -4.90. The Morgan fingerprint density at radius 1 is 1.07 bits per heavy atom. The molecule has 0 spiro atoms. The van der Waals surface area contributed by atoms with Crippen molar-refractivity contribution in [2.45, 2.75) is 24.7 Å². The molecule has 5 rings (SSSR count). The van der Waals surface area contributed by atoms with Gasteiger partial charge >= 0.3 is 6.18 Å². The third-order valence-corrected chi connectivity index (χ3v) is 6.32. The largest absolute Gasteiger partial charge is 0.439 e. The van der Waals surface area contributed by atoms with Gasteiger partial charge < -0.3 is 5.11 Å². The summed E-state index contributed by atoms with van der Waals surface area (Å²) < 4.78 is 42.5. The Kier molecular flexibility index (Phi) is 4.04. The first-order valence-electron chi connectivity index (χ1n) is 9.16. The van der Waals surface area contributed by atoms with Gasteiger partial charge in [0.05, 0.1) is 17.3 Å². The summed E-state index contributed by atoms with van der Waals surface area (Å²) in [7, 11) is 0. The zero-order valence-electron chi connectivity index (χ0n) is 15.1. The number of alkyl halides is 3. The van der Waals surface area contributed by atoms with E-state index in [1.54, 1.807) is 17.5 Å². The maximum Gasteiger partial charge on any atom is 0.439 e. The summed E-state index contributed by atoms with van der Waals surface area (Å²) in [6.07, 6.45) is -4.27. The number of hydrogen-bond acceptors (Lipinski definition) is 5. The molecule has 1 aromatic heterocycles. The van der Waals surface area contributed by atoms with Crippen molar-refractivity contribution in [1.82, 2.24) is 4.98 Å². The lowest BCUT2D eigenvalue weighted by Crippen LogP contribution is -2.60. The van der Waals surface area contributed by atoms with Crippen LogP contribution in [0.15, 0.2) is 65.1 Å². The van der Waals surface area contributed by atoms with Crippen molar-refractivity contribution in [3.63, 3.8) is 0 Å². The van der Waals surface area contributed by atoms with E-state index < -0.39 is 17.8 Å². The number of aromatic nitrogens is 1. The maximum absolute atomic E-state index is 14.2. The highest BCUT2D eigenvalue weighted by atomic mass is 32.1. The van der Waals surface area contributed by atoms with Gasteiger partial charge in [-0.05, 0) is 18.4 Å². The Hall–Kier alpha value is -2.71. The van der Waals surface area contributed by atoms with Crippen LogP contribution >= 0.6 is 11.3 Å². The molecule has 1 aliphatic carbocycles. The van der Waals surface area contributed by atoms with Crippen LogP contribution in [0.5, 0.6) is 0 Å². The highest BCUT2D eigenvalue weighted by Gasteiger charge is 2.68. The van der Waals surface area contributed by atoms with Crippen LogP contribution in [0.25, 0.3) is 11.3 Å². The fourth-order valence-electron chi connectivity index (χ4n) is 4.07. The number of fused-ring (bicyclic) bond motifs is 3. The van der Waals surface area contributed by atoms with Crippen molar-refractivity contribution in [2.24, 2.45) is 11.0 Å². The molecule has 0 saturated carbocycles. The smallest absolute Gasteiger partial charge is 0.362 e. The van der Waals surface area contributed by atoms with Crippen LogP contribution < -0.4 is 5.01 Å². The van der Waals surface area contributed by atoms with Crippen molar-refractivity contribution in [3.8, 4) is 11.3 Å². The first-order chi connectivity index (χ1) is 13.9. The SMILES string of the molecule is O[C@]1(C(F)(F)F)[C@@H]2CCc3ccccc3C2=NN1c1nc(-c2ccccc2)cs1. The highest BCUT2D eigenvalue weighted by Crippen LogP contribution is 2.50. The quantitative estimate of drug-likeness (QED) is 0.651. The number of nitrogens with zero attached hydrogens (tertiary/aromatic N) is 3. The highest BCUT2D eigenvalue weighted by molar-refractivity contribution is 7.14. The molecule has 1 N–H and O–H groups in total. The molecular weight excluding hydrogens is 399 g/mol. The zero-order valence-corrected chi connectivity index (χ0v) is 15.9. The molecule has 0 saturated heterocycles. The number of hydrogen-bond donors (Lipinski definition) is 1. The Balaban J connectivity index is 1.63. The fraction of sp³-hybridized carbons (Fsp3) is 0.238. The number of hydrazone groups is 1. The average Bonchev–Trinajstić information content (AvgIpc) is 3.32. The molecule has 2 aliphatic rings. The zero-order chi connectivity index (χ0) is 20.2. The van der Waals surface area contributed by atoms with Crippen LogP contribution in [0.1, 0.15) is 17.5 Å². The summed E-state index contributed by atoms with van der Waals surface area (Å²) in [5.41, 5.74) is 0.0856. The normalized spacial score (nSPS) is 23.5. The molecule has 0 amide bonds. The third-order valence-electron chi connectivity index (χ3n) is 5.50. The van der Waals surface area contributed by atoms with Crippen molar-refractivity contribution >= 4 is 22.2 Å². The molecule has 0 radical (unpaired) electrons. The van der Waals surface area contributed by atoms with E-state index >= 15 is 0 Å². The predicted molar refractivity (Wildman–Crippen MR) is 106 cm³/mol. The van der Waals surface area contributed by atoms with Gasteiger partial charge in [-0.3, -0.25) is 0 Å². The standard InChI is InChI=1S/C21H16F3N3OS/c22-21(23,24)20(28)16-11-10-13-6-4-5-9-15(13)18(16)26-27(20)19-25-17(12-29-19)14-7-2-1-3-8-14/h1-9,12,16,28H,10-11H2/t16-,20+/m1/s1. The van der Waals surface area contributed by atoms with Gasteiger partial charge in [0.15, 0.2) is 0 Å². The minimum absolute atomic E-state index is 0.0167. The number of aryl methyl sites for hydroxylation is 1. The van der Waals surface area contributed by atoms with E-state index in [2.05, 4.69) is 10.1 Å². The lowest BCUT2D eigenvalue weighted by Gasteiger charge is -2.38. The van der Waals surface area contributed by atoms with E-state index in [0.717, 1.165) is 22.5 Å². The molecule has 2 aromatic carbocycles. The topological polar surface area (TPSA) is 48.7 Å². The monoisotopic (exact) mass is 415 g/mol. The van der Waals surface area contributed by atoms with E-state index in [0.29, 0.717) is 22.7 Å². The van der Waals surface area contributed by atoms with E-state index in [1.807, 2.05) is 42.5 Å². The summed E-state index contributed by atoms with van der Waals surface area (Å²) in [6.45, 7) is 0. The Labute approximate surface area is 168 Å². The van der Waals surface area contributed by atoms with E-state index in [1.165, 1.54) is 0 Å². The molecule has 2 heterocycles. The van der Waals surface area contributed by atoms with Gasteiger partial charge in [-0.25, -0.2) is 4.98 Å². The van der Waals surface area contributed by atoms with E-state index in [4.69, 9.17) is 0 Å².